The fraction of sp³-hybridized carbons (Fsp3) is 0.462. The van der Waals surface area contributed by atoms with Gasteiger partial charge in [0.05, 0.1) is 12.7 Å². The van der Waals surface area contributed by atoms with E-state index in [4.69, 9.17) is 4.74 Å². The highest BCUT2D eigenvalue weighted by atomic mass is 32.2. The number of ether oxygens (including phenoxy) is 2. The smallest absolute Gasteiger partial charge is 0.337 e. The summed E-state index contributed by atoms with van der Waals surface area (Å²) in [7, 11) is 3.11. The Bertz CT molecular complexity index is 335. The van der Waals surface area contributed by atoms with Gasteiger partial charge < -0.3 is 9.47 Å². The Kier molecular flexibility index (Phi) is 6.74. The molecule has 0 radical (unpaired) electrons. The molecular formula is C13H18O3S. The summed E-state index contributed by atoms with van der Waals surface area (Å²) < 4.78 is 9.63. The van der Waals surface area contributed by atoms with Crippen LogP contribution in [0.4, 0.5) is 0 Å². The number of esters is 1. The van der Waals surface area contributed by atoms with Crippen LogP contribution in [-0.2, 0) is 15.2 Å². The summed E-state index contributed by atoms with van der Waals surface area (Å²) in [6.07, 6.45) is 1.07. The van der Waals surface area contributed by atoms with Crippen molar-refractivity contribution in [3.8, 4) is 0 Å². The Morgan fingerprint density at radius 2 is 1.94 bits per heavy atom. The molecule has 0 saturated carbocycles. The molecule has 0 aliphatic heterocycles. The number of hydrogen-bond acceptors (Lipinski definition) is 4. The van der Waals surface area contributed by atoms with Gasteiger partial charge >= 0.3 is 5.97 Å². The van der Waals surface area contributed by atoms with Crippen molar-refractivity contribution in [2.75, 3.05) is 26.6 Å². The Morgan fingerprint density at radius 1 is 1.24 bits per heavy atom. The van der Waals surface area contributed by atoms with Crippen molar-refractivity contribution in [2.45, 2.75) is 12.2 Å². The topological polar surface area (TPSA) is 35.5 Å². The molecule has 0 aliphatic rings. The minimum atomic E-state index is -0.288. The molecule has 0 fully saturated rings. The van der Waals surface area contributed by atoms with E-state index >= 15 is 0 Å². The van der Waals surface area contributed by atoms with Gasteiger partial charge in [-0.1, -0.05) is 12.1 Å². The second kappa shape index (κ2) is 8.14. The van der Waals surface area contributed by atoms with Gasteiger partial charge in [0.2, 0.25) is 0 Å². The average Bonchev–Trinajstić information content (AvgIpc) is 2.38. The zero-order chi connectivity index (χ0) is 12.5. The maximum absolute atomic E-state index is 11.2. The minimum absolute atomic E-state index is 0.288. The summed E-state index contributed by atoms with van der Waals surface area (Å²) in [5.41, 5.74) is 1.82. The van der Waals surface area contributed by atoms with Gasteiger partial charge in [-0.2, -0.15) is 11.8 Å². The Morgan fingerprint density at radius 3 is 2.53 bits per heavy atom. The Hall–Kier alpha value is -1.00. The first kappa shape index (κ1) is 14.1. The Balaban J connectivity index is 2.33. The molecule has 0 atom stereocenters. The van der Waals surface area contributed by atoms with Crippen LogP contribution >= 0.6 is 11.8 Å². The minimum Gasteiger partial charge on any atom is -0.465 e. The maximum atomic E-state index is 11.2. The third-order valence-corrected chi connectivity index (χ3v) is 3.40. The second-order valence-electron chi connectivity index (χ2n) is 3.59. The van der Waals surface area contributed by atoms with Crippen molar-refractivity contribution in [2.24, 2.45) is 0 Å². The van der Waals surface area contributed by atoms with Gasteiger partial charge in [0.1, 0.15) is 0 Å². The van der Waals surface area contributed by atoms with Gasteiger partial charge in [-0.05, 0) is 29.9 Å². The van der Waals surface area contributed by atoms with Gasteiger partial charge in [-0.3, -0.25) is 0 Å². The largest absolute Gasteiger partial charge is 0.465 e. The van der Waals surface area contributed by atoms with E-state index in [1.54, 1.807) is 19.2 Å². The highest BCUT2D eigenvalue weighted by Gasteiger charge is 2.03. The van der Waals surface area contributed by atoms with E-state index in [2.05, 4.69) is 4.74 Å². The number of carbonyl (C=O) groups excluding carboxylic acids is 1. The molecule has 4 heteroatoms. The number of hydrogen-bond donors (Lipinski definition) is 0. The van der Waals surface area contributed by atoms with Crippen molar-refractivity contribution >= 4 is 17.7 Å². The lowest BCUT2D eigenvalue weighted by Gasteiger charge is -2.03. The summed E-state index contributed by atoms with van der Waals surface area (Å²) in [5, 5.41) is 0. The van der Waals surface area contributed by atoms with E-state index < -0.39 is 0 Å². The standard InChI is InChI=1S/C13H18O3S/c1-15-8-3-9-17-10-11-4-6-12(7-5-11)13(14)16-2/h4-7H,3,8-10H2,1-2H3. The number of rotatable bonds is 7. The molecular weight excluding hydrogens is 236 g/mol. The number of carbonyl (C=O) groups is 1. The van der Waals surface area contributed by atoms with E-state index in [1.807, 2.05) is 23.9 Å². The van der Waals surface area contributed by atoms with Crippen LogP contribution in [0.15, 0.2) is 24.3 Å². The predicted molar refractivity (Wildman–Crippen MR) is 70.4 cm³/mol. The van der Waals surface area contributed by atoms with E-state index in [-0.39, 0.29) is 5.97 Å². The van der Waals surface area contributed by atoms with Gasteiger partial charge in [0.15, 0.2) is 0 Å². The summed E-state index contributed by atoms with van der Waals surface area (Å²) in [6, 6.07) is 7.54. The number of thioether (sulfide) groups is 1. The van der Waals surface area contributed by atoms with Crippen molar-refractivity contribution in [1.29, 1.82) is 0 Å². The third-order valence-electron chi connectivity index (χ3n) is 2.28. The molecule has 0 aliphatic carbocycles. The fourth-order valence-corrected chi connectivity index (χ4v) is 2.24. The molecule has 17 heavy (non-hydrogen) atoms. The van der Waals surface area contributed by atoms with Crippen LogP contribution < -0.4 is 0 Å². The normalized spacial score (nSPS) is 10.2. The molecule has 0 N–H and O–H groups in total. The molecule has 0 heterocycles. The monoisotopic (exact) mass is 254 g/mol. The van der Waals surface area contributed by atoms with Crippen molar-refractivity contribution in [3.05, 3.63) is 35.4 Å². The molecule has 0 bridgehead atoms. The molecule has 1 rings (SSSR count). The second-order valence-corrected chi connectivity index (χ2v) is 4.69. The quantitative estimate of drug-likeness (QED) is 0.553. The maximum Gasteiger partial charge on any atom is 0.337 e. The van der Waals surface area contributed by atoms with Crippen molar-refractivity contribution in [1.82, 2.24) is 0 Å². The first-order valence-corrected chi connectivity index (χ1v) is 6.67. The van der Waals surface area contributed by atoms with Crippen LogP contribution in [0.2, 0.25) is 0 Å². The lowest BCUT2D eigenvalue weighted by molar-refractivity contribution is 0.0600. The van der Waals surface area contributed by atoms with Crippen molar-refractivity contribution < 1.29 is 14.3 Å². The molecule has 3 nitrogen and oxygen atoms in total. The lowest BCUT2D eigenvalue weighted by atomic mass is 10.1. The van der Waals surface area contributed by atoms with Crippen LogP contribution in [0.25, 0.3) is 0 Å². The molecule has 1 aromatic rings. The van der Waals surface area contributed by atoms with Gasteiger partial charge in [0, 0.05) is 19.5 Å². The summed E-state index contributed by atoms with van der Waals surface area (Å²) in [6.45, 7) is 0.814. The Labute approximate surface area is 106 Å². The van der Waals surface area contributed by atoms with Crippen LogP contribution in [0.3, 0.4) is 0 Å². The summed E-state index contributed by atoms with van der Waals surface area (Å²) >= 11 is 1.87. The highest BCUT2D eigenvalue weighted by Crippen LogP contribution is 2.14. The summed E-state index contributed by atoms with van der Waals surface area (Å²) in [4.78, 5) is 11.2. The van der Waals surface area contributed by atoms with Crippen LogP contribution in [0.1, 0.15) is 22.3 Å². The van der Waals surface area contributed by atoms with E-state index in [0.29, 0.717) is 5.56 Å². The van der Waals surface area contributed by atoms with Crippen LogP contribution in [-0.4, -0.2) is 32.5 Å². The highest BCUT2D eigenvalue weighted by molar-refractivity contribution is 7.98. The van der Waals surface area contributed by atoms with Crippen molar-refractivity contribution in [3.63, 3.8) is 0 Å². The van der Waals surface area contributed by atoms with Crippen LogP contribution in [0, 0.1) is 0 Å². The van der Waals surface area contributed by atoms with Gasteiger partial charge in [0.25, 0.3) is 0 Å². The molecule has 0 saturated heterocycles. The van der Waals surface area contributed by atoms with E-state index in [1.165, 1.54) is 12.7 Å². The molecule has 94 valence electrons. The third kappa shape index (κ3) is 5.24. The molecule has 0 amide bonds. The van der Waals surface area contributed by atoms with Crippen LogP contribution in [0.5, 0.6) is 0 Å². The van der Waals surface area contributed by atoms with E-state index in [9.17, 15) is 4.79 Å². The zero-order valence-corrected chi connectivity index (χ0v) is 11.1. The molecule has 0 unspecified atom stereocenters. The lowest BCUT2D eigenvalue weighted by Crippen LogP contribution is -2.00. The van der Waals surface area contributed by atoms with Gasteiger partial charge in [-0.25, -0.2) is 4.79 Å². The first-order valence-electron chi connectivity index (χ1n) is 5.52. The molecule has 0 aromatic heterocycles. The van der Waals surface area contributed by atoms with Gasteiger partial charge in [-0.15, -0.1) is 0 Å². The number of methoxy groups -OCH3 is 2. The predicted octanol–water partition coefficient (Wildman–Crippen LogP) is 2.74. The fourth-order valence-electron chi connectivity index (χ4n) is 1.35. The molecule has 1 aromatic carbocycles. The van der Waals surface area contributed by atoms with E-state index in [0.717, 1.165) is 24.5 Å². The summed E-state index contributed by atoms with van der Waals surface area (Å²) in [5.74, 6) is 1.77. The SMILES string of the molecule is COCCCSCc1ccc(C(=O)OC)cc1. The molecule has 0 spiro atoms. The first-order chi connectivity index (χ1) is 8.27. The zero-order valence-electron chi connectivity index (χ0n) is 10.3. The average molecular weight is 254 g/mol. The number of benzene rings is 1.